The summed E-state index contributed by atoms with van der Waals surface area (Å²) in [5, 5.41) is 6.01. The molecule has 0 radical (unpaired) electrons. The average molecular weight is 420 g/mol. The normalized spacial score (nSPS) is 10.5. The Labute approximate surface area is 175 Å². The van der Waals surface area contributed by atoms with Crippen molar-refractivity contribution in [3.63, 3.8) is 0 Å². The van der Waals surface area contributed by atoms with Crippen LogP contribution >= 0.6 is 11.6 Å². The van der Waals surface area contributed by atoms with E-state index in [4.69, 9.17) is 21.1 Å². The Hall–Kier alpha value is -2.77. The van der Waals surface area contributed by atoms with Crippen LogP contribution in [0.3, 0.4) is 0 Å². The van der Waals surface area contributed by atoms with Crippen molar-refractivity contribution in [2.45, 2.75) is 13.8 Å². The fourth-order valence-electron chi connectivity index (χ4n) is 2.63. The molecule has 0 unspecified atom stereocenters. The van der Waals surface area contributed by atoms with Gasteiger partial charge in [-0.3, -0.25) is 14.5 Å². The molecular formula is C21H26ClN3O4. The minimum Gasteiger partial charge on any atom is -0.494 e. The molecule has 2 amide bonds. The van der Waals surface area contributed by atoms with Crippen molar-refractivity contribution in [2.75, 3.05) is 44.0 Å². The average Bonchev–Trinajstić information content (AvgIpc) is 2.65. The zero-order chi connectivity index (χ0) is 21.2. The van der Waals surface area contributed by atoms with Gasteiger partial charge in [-0.1, -0.05) is 23.7 Å². The van der Waals surface area contributed by atoms with E-state index < -0.39 is 0 Å². The minimum absolute atomic E-state index is 0.0281. The van der Waals surface area contributed by atoms with Gasteiger partial charge in [0.2, 0.25) is 11.8 Å². The molecule has 8 heteroatoms. The predicted molar refractivity (Wildman–Crippen MR) is 115 cm³/mol. The predicted octanol–water partition coefficient (Wildman–Crippen LogP) is 3.65. The first kappa shape index (κ1) is 22.5. The molecule has 2 N–H and O–H groups in total. The molecule has 7 nitrogen and oxygen atoms in total. The molecule has 0 atom stereocenters. The summed E-state index contributed by atoms with van der Waals surface area (Å²) in [4.78, 5) is 26.2. The number of anilines is 2. The Balaban J connectivity index is 1.93. The van der Waals surface area contributed by atoms with Crippen molar-refractivity contribution in [1.82, 2.24) is 4.90 Å². The van der Waals surface area contributed by atoms with Gasteiger partial charge in [-0.2, -0.15) is 0 Å². The first-order valence-electron chi connectivity index (χ1n) is 9.35. The molecule has 0 fully saturated rings. The molecule has 0 bridgehead atoms. The topological polar surface area (TPSA) is 79.9 Å². The fraction of sp³-hybridized carbons (Fsp3) is 0.333. The first-order valence-corrected chi connectivity index (χ1v) is 9.73. The van der Waals surface area contributed by atoms with Gasteiger partial charge in [0.1, 0.15) is 11.5 Å². The van der Waals surface area contributed by atoms with Crippen molar-refractivity contribution < 1.29 is 19.1 Å². The number of halogens is 1. The highest BCUT2D eigenvalue weighted by Gasteiger charge is 2.14. The van der Waals surface area contributed by atoms with Gasteiger partial charge in [0.05, 0.1) is 42.7 Å². The smallest absolute Gasteiger partial charge is 0.238 e. The fourth-order valence-corrected chi connectivity index (χ4v) is 2.82. The lowest BCUT2D eigenvalue weighted by molar-refractivity contribution is -0.119. The molecule has 0 saturated carbocycles. The maximum Gasteiger partial charge on any atom is 0.238 e. The van der Waals surface area contributed by atoms with Crippen LogP contribution in [0.2, 0.25) is 5.02 Å². The standard InChI is InChI=1S/C21H26ClN3O4/c1-4-28-15-10-11-19(29-5-2)18(12-15)24-21(27)14-25(3)13-20(26)23-17-9-7-6-8-16(17)22/h6-12H,4-5,13-14H2,1-3H3,(H,23,26)(H,24,27). The van der Waals surface area contributed by atoms with Crippen molar-refractivity contribution in [3.05, 3.63) is 47.5 Å². The molecule has 0 saturated heterocycles. The Kier molecular flexibility index (Phi) is 8.76. The van der Waals surface area contributed by atoms with Gasteiger partial charge in [-0.05, 0) is 45.2 Å². The summed E-state index contributed by atoms with van der Waals surface area (Å²) in [5.74, 6) is 0.663. The van der Waals surface area contributed by atoms with Crippen molar-refractivity contribution >= 4 is 34.8 Å². The van der Waals surface area contributed by atoms with Crippen LogP contribution in [0.4, 0.5) is 11.4 Å². The van der Waals surface area contributed by atoms with E-state index in [0.29, 0.717) is 41.1 Å². The van der Waals surface area contributed by atoms with Crippen LogP contribution in [0.15, 0.2) is 42.5 Å². The lowest BCUT2D eigenvalue weighted by Crippen LogP contribution is -2.36. The van der Waals surface area contributed by atoms with Crippen LogP contribution < -0.4 is 20.1 Å². The summed E-state index contributed by atoms with van der Waals surface area (Å²) in [6, 6.07) is 12.2. The Morgan fingerprint density at radius 2 is 1.55 bits per heavy atom. The molecule has 0 aliphatic heterocycles. The summed E-state index contributed by atoms with van der Waals surface area (Å²) in [7, 11) is 1.69. The number of hydrogen-bond donors (Lipinski definition) is 2. The van der Waals surface area contributed by atoms with Crippen LogP contribution in [0, 0.1) is 0 Å². The maximum atomic E-state index is 12.4. The van der Waals surface area contributed by atoms with Gasteiger partial charge >= 0.3 is 0 Å². The molecule has 0 aromatic heterocycles. The number of nitrogens with zero attached hydrogens (tertiary/aromatic N) is 1. The number of benzene rings is 2. The van der Waals surface area contributed by atoms with Gasteiger partial charge in [0, 0.05) is 6.07 Å². The quantitative estimate of drug-likeness (QED) is 0.614. The largest absolute Gasteiger partial charge is 0.494 e. The van der Waals surface area contributed by atoms with E-state index in [2.05, 4.69) is 10.6 Å². The Morgan fingerprint density at radius 3 is 2.17 bits per heavy atom. The van der Waals surface area contributed by atoms with Crippen LogP contribution in [-0.4, -0.2) is 50.1 Å². The molecule has 0 heterocycles. The number of para-hydroxylation sites is 1. The maximum absolute atomic E-state index is 12.4. The number of carbonyl (C=O) groups excluding carboxylic acids is 2. The third-order valence-electron chi connectivity index (χ3n) is 3.81. The van der Waals surface area contributed by atoms with Gasteiger partial charge in [-0.25, -0.2) is 0 Å². The third-order valence-corrected chi connectivity index (χ3v) is 4.14. The third kappa shape index (κ3) is 7.29. The Bertz CT molecular complexity index is 844. The number of ether oxygens (including phenoxy) is 2. The highest BCUT2D eigenvalue weighted by atomic mass is 35.5. The van der Waals surface area contributed by atoms with Gasteiger partial charge in [0.25, 0.3) is 0 Å². The number of amides is 2. The highest BCUT2D eigenvalue weighted by molar-refractivity contribution is 6.33. The van der Waals surface area contributed by atoms with Gasteiger partial charge in [0.15, 0.2) is 0 Å². The molecule has 0 aliphatic rings. The van der Waals surface area contributed by atoms with Crippen molar-refractivity contribution in [3.8, 4) is 11.5 Å². The summed E-state index contributed by atoms with van der Waals surface area (Å²) in [6.07, 6.45) is 0. The highest BCUT2D eigenvalue weighted by Crippen LogP contribution is 2.29. The van der Waals surface area contributed by atoms with Crippen LogP contribution in [-0.2, 0) is 9.59 Å². The SMILES string of the molecule is CCOc1ccc(OCC)c(NC(=O)CN(C)CC(=O)Nc2ccccc2Cl)c1. The molecule has 29 heavy (non-hydrogen) atoms. The Morgan fingerprint density at radius 1 is 0.931 bits per heavy atom. The van der Waals surface area contributed by atoms with Gasteiger partial charge < -0.3 is 20.1 Å². The first-order chi connectivity index (χ1) is 13.9. The molecule has 0 aliphatic carbocycles. The molecule has 0 spiro atoms. The zero-order valence-electron chi connectivity index (χ0n) is 16.8. The number of carbonyl (C=O) groups is 2. The number of likely N-dealkylation sites (N-methyl/N-ethyl adjacent to an activating group) is 1. The molecule has 2 aromatic rings. The van der Waals surface area contributed by atoms with E-state index in [0.717, 1.165) is 0 Å². The van der Waals surface area contributed by atoms with E-state index in [9.17, 15) is 9.59 Å². The summed E-state index contributed by atoms with van der Waals surface area (Å²) in [6.45, 7) is 4.81. The second-order valence-electron chi connectivity index (χ2n) is 6.27. The summed E-state index contributed by atoms with van der Waals surface area (Å²) in [5.41, 5.74) is 1.06. The molecule has 2 aromatic carbocycles. The van der Waals surface area contributed by atoms with E-state index in [1.165, 1.54) is 0 Å². The van der Waals surface area contributed by atoms with Gasteiger partial charge in [-0.15, -0.1) is 0 Å². The second-order valence-corrected chi connectivity index (χ2v) is 6.68. The van der Waals surface area contributed by atoms with E-state index in [1.807, 2.05) is 13.8 Å². The van der Waals surface area contributed by atoms with Crippen LogP contribution in [0.25, 0.3) is 0 Å². The number of nitrogens with one attached hydrogen (secondary N) is 2. The van der Waals surface area contributed by atoms with E-state index in [1.54, 1.807) is 54.4 Å². The van der Waals surface area contributed by atoms with Crippen LogP contribution in [0.5, 0.6) is 11.5 Å². The minimum atomic E-state index is -0.271. The van der Waals surface area contributed by atoms with Crippen molar-refractivity contribution in [1.29, 1.82) is 0 Å². The lowest BCUT2D eigenvalue weighted by atomic mass is 10.2. The molecular weight excluding hydrogens is 394 g/mol. The molecule has 156 valence electrons. The summed E-state index contributed by atoms with van der Waals surface area (Å²) < 4.78 is 11.0. The second kappa shape index (κ2) is 11.3. The summed E-state index contributed by atoms with van der Waals surface area (Å²) >= 11 is 6.04. The molecule has 2 rings (SSSR count). The number of rotatable bonds is 10. The van der Waals surface area contributed by atoms with E-state index >= 15 is 0 Å². The zero-order valence-corrected chi connectivity index (χ0v) is 17.6. The van der Waals surface area contributed by atoms with Crippen LogP contribution in [0.1, 0.15) is 13.8 Å². The number of hydrogen-bond acceptors (Lipinski definition) is 5. The van der Waals surface area contributed by atoms with Crippen molar-refractivity contribution in [2.24, 2.45) is 0 Å². The lowest BCUT2D eigenvalue weighted by Gasteiger charge is -2.18. The van der Waals surface area contributed by atoms with E-state index in [-0.39, 0.29) is 24.9 Å². The monoisotopic (exact) mass is 419 g/mol.